The van der Waals surface area contributed by atoms with Gasteiger partial charge >= 0.3 is 0 Å². The second-order valence-electron chi connectivity index (χ2n) is 4.89. The average molecular weight is 285 g/mol. The van der Waals surface area contributed by atoms with E-state index in [4.69, 9.17) is 5.84 Å². The molecule has 1 aliphatic carbocycles. The quantitative estimate of drug-likeness (QED) is 0.498. The fourth-order valence-electron chi connectivity index (χ4n) is 2.37. The molecule has 1 aromatic carbocycles. The lowest BCUT2D eigenvalue weighted by Crippen LogP contribution is -2.45. The number of hydrazine groups is 1. The highest BCUT2D eigenvalue weighted by Crippen LogP contribution is 2.21. The number of aliphatic hydroxyl groups is 1. The van der Waals surface area contributed by atoms with Crippen molar-refractivity contribution in [3.63, 3.8) is 0 Å². The Labute approximate surface area is 115 Å². The minimum Gasteiger partial charge on any atom is -0.391 e. The van der Waals surface area contributed by atoms with Gasteiger partial charge in [0.15, 0.2) is 11.6 Å². The number of hydrogen-bond acceptors (Lipinski definition) is 4. The number of anilines is 1. The van der Waals surface area contributed by atoms with Gasteiger partial charge in [0.1, 0.15) is 5.69 Å². The van der Waals surface area contributed by atoms with E-state index in [1.165, 1.54) is 0 Å². The van der Waals surface area contributed by atoms with E-state index >= 15 is 0 Å². The molecule has 2 unspecified atom stereocenters. The molecule has 0 saturated heterocycles. The first kappa shape index (κ1) is 14.7. The van der Waals surface area contributed by atoms with Crippen molar-refractivity contribution in [3.05, 3.63) is 29.3 Å². The van der Waals surface area contributed by atoms with Crippen molar-refractivity contribution in [1.29, 1.82) is 0 Å². The van der Waals surface area contributed by atoms with Crippen LogP contribution in [0.5, 0.6) is 0 Å². The zero-order chi connectivity index (χ0) is 14.7. The lowest BCUT2D eigenvalue weighted by molar-refractivity contribution is 0.0717. The molecule has 1 saturated carbocycles. The van der Waals surface area contributed by atoms with Crippen LogP contribution in [0.4, 0.5) is 14.5 Å². The third kappa shape index (κ3) is 3.05. The van der Waals surface area contributed by atoms with Crippen LogP contribution >= 0.6 is 0 Å². The molecule has 0 heterocycles. The summed E-state index contributed by atoms with van der Waals surface area (Å²) >= 11 is 0. The highest BCUT2D eigenvalue weighted by Gasteiger charge is 2.25. The number of hydrogen-bond donors (Lipinski definition) is 4. The number of nitrogen functional groups attached to an aromatic ring is 1. The van der Waals surface area contributed by atoms with E-state index in [2.05, 4.69) is 5.32 Å². The highest BCUT2D eigenvalue weighted by molar-refractivity contribution is 5.94. The van der Waals surface area contributed by atoms with E-state index in [0.29, 0.717) is 12.8 Å². The monoisotopic (exact) mass is 285 g/mol. The Morgan fingerprint density at radius 3 is 2.40 bits per heavy atom. The molecule has 2 rings (SSSR count). The maximum Gasteiger partial charge on any atom is 0.251 e. The fourth-order valence-corrected chi connectivity index (χ4v) is 2.37. The first-order valence-electron chi connectivity index (χ1n) is 6.47. The number of carbonyl (C=O) groups excluding carboxylic acids is 1. The van der Waals surface area contributed by atoms with E-state index in [9.17, 15) is 18.7 Å². The average Bonchev–Trinajstić information content (AvgIpc) is 2.41. The van der Waals surface area contributed by atoms with Crippen molar-refractivity contribution < 1.29 is 18.7 Å². The second kappa shape index (κ2) is 6.15. The first-order valence-corrected chi connectivity index (χ1v) is 6.47. The van der Waals surface area contributed by atoms with Gasteiger partial charge in [0.25, 0.3) is 5.91 Å². The first-order chi connectivity index (χ1) is 9.52. The smallest absolute Gasteiger partial charge is 0.251 e. The molecule has 7 heteroatoms. The van der Waals surface area contributed by atoms with E-state index in [-0.39, 0.29) is 11.6 Å². The molecule has 0 aliphatic heterocycles. The van der Waals surface area contributed by atoms with Crippen molar-refractivity contribution in [2.45, 2.75) is 37.8 Å². The number of carbonyl (C=O) groups is 1. The van der Waals surface area contributed by atoms with Crippen molar-refractivity contribution in [3.8, 4) is 0 Å². The predicted octanol–water partition coefficient (Wildman–Crippen LogP) is 1.28. The van der Waals surface area contributed by atoms with Crippen LogP contribution in [0.2, 0.25) is 0 Å². The molecule has 110 valence electrons. The van der Waals surface area contributed by atoms with Gasteiger partial charge < -0.3 is 15.8 Å². The molecule has 0 aromatic heterocycles. The van der Waals surface area contributed by atoms with Gasteiger partial charge in [0.2, 0.25) is 0 Å². The summed E-state index contributed by atoms with van der Waals surface area (Å²) in [5.41, 5.74) is 1.27. The van der Waals surface area contributed by atoms with E-state index in [1.54, 1.807) is 0 Å². The minimum atomic E-state index is -0.943. The molecule has 1 fully saturated rings. The number of aliphatic hydroxyl groups excluding tert-OH is 1. The molecule has 2 atom stereocenters. The lowest BCUT2D eigenvalue weighted by Gasteiger charge is -2.28. The Hall–Kier alpha value is -1.73. The van der Waals surface area contributed by atoms with Gasteiger partial charge in [-0.15, -0.1) is 0 Å². The summed E-state index contributed by atoms with van der Waals surface area (Å²) in [7, 11) is 0. The summed E-state index contributed by atoms with van der Waals surface area (Å²) in [6.07, 6.45) is 2.46. The molecule has 1 aromatic rings. The van der Waals surface area contributed by atoms with Gasteiger partial charge in [-0.25, -0.2) is 8.78 Å². The summed E-state index contributed by atoms with van der Waals surface area (Å²) in [6, 6.07) is 1.43. The Balaban J connectivity index is 2.13. The highest BCUT2D eigenvalue weighted by atomic mass is 19.1. The van der Waals surface area contributed by atoms with Crippen LogP contribution in [-0.2, 0) is 0 Å². The molecule has 5 nitrogen and oxygen atoms in total. The van der Waals surface area contributed by atoms with Gasteiger partial charge in [-0.2, -0.15) is 0 Å². The van der Waals surface area contributed by atoms with Crippen LogP contribution < -0.4 is 16.6 Å². The van der Waals surface area contributed by atoms with Gasteiger partial charge in [-0.1, -0.05) is 12.8 Å². The van der Waals surface area contributed by atoms with Crippen LogP contribution in [0.25, 0.3) is 0 Å². The third-order valence-electron chi connectivity index (χ3n) is 3.49. The standard InChI is InChI=1S/C13H17F2N3O2/c14-8-5-7(6-9(15)12(8)18-16)13(20)17-10-3-1-2-4-11(10)19/h5-6,10-11,18-19H,1-4,16H2,(H,17,20). The van der Waals surface area contributed by atoms with Crippen molar-refractivity contribution >= 4 is 11.6 Å². The zero-order valence-corrected chi connectivity index (χ0v) is 10.8. The van der Waals surface area contributed by atoms with Crippen molar-refractivity contribution in [2.24, 2.45) is 5.84 Å². The van der Waals surface area contributed by atoms with E-state index in [0.717, 1.165) is 25.0 Å². The number of nitrogens with one attached hydrogen (secondary N) is 2. The SMILES string of the molecule is NNc1c(F)cc(C(=O)NC2CCCCC2O)cc1F. The third-order valence-corrected chi connectivity index (χ3v) is 3.49. The molecule has 20 heavy (non-hydrogen) atoms. The summed E-state index contributed by atoms with van der Waals surface area (Å²) in [5.74, 6) is 2.48. The van der Waals surface area contributed by atoms with Crippen LogP contribution in [0.15, 0.2) is 12.1 Å². The van der Waals surface area contributed by atoms with Gasteiger partial charge in [0, 0.05) is 5.56 Å². The predicted molar refractivity (Wildman–Crippen MR) is 69.9 cm³/mol. The Bertz CT molecular complexity index is 487. The van der Waals surface area contributed by atoms with Gasteiger partial charge in [-0.05, 0) is 25.0 Å². The topological polar surface area (TPSA) is 87.4 Å². The number of rotatable bonds is 3. The summed E-state index contributed by atoms with van der Waals surface area (Å²) in [4.78, 5) is 12.0. The molecule has 0 radical (unpaired) electrons. The van der Waals surface area contributed by atoms with Gasteiger partial charge in [0.05, 0.1) is 12.1 Å². The molecule has 5 N–H and O–H groups in total. The maximum atomic E-state index is 13.5. The Morgan fingerprint density at radius 1 is 1.25 bits per heavy atom. The van der Waals surface area contributed by atoms with Crippen molar-refractivity contribution in [1.82, 2.24) is 5.32 Å². The summed E-state index contributed by atoms with van der Waals surface area (Å²) in [6.45, 7) is 0. The molecular formula is C13H17F2N3O2. The molecule has 0 spiro atoms. The molecule has 0 bridgehead atoms. The van der Waals surface area contributed by atoms with Crippen LogP contribution in [0, 0.1) is 11.6 Å². The summed E-state index contributed by atoms with van der Waals surface area (Å²) < 4.78 is 27.0. The lowest BCUT2D eigenvalue weighted by atomic mass is 9.92. The zero-order valence-electron chi connectivity index (χ0n) is 10.8. The van der Waals surface area contributed by atoms with Crippen LogP contribution in [-0.4, -0.2) is 23.2 Å². The largest absolute Gasteiger partial charge is 0.391 e. The summed E-state index contributed by atoms with van der Waals surface area (Å²) in [5, 5.41) is 12.4. The molecule has 1 amide bonds. The van der Waals surface area contributed by atoms with Crippen molar-refractivity contribution in [2.75, 3.05) is 5.43 Å². The Morgan fingerprint density at radius 2 is 1.85 bits per heavy atom. The minimum absolute atomic E-state index is 0.142. The van der Waals surface area contributed by atoms with E-state index in [1.807, 2.05) is 5.43 Å². The number of nitrogens with two attached hydrogens (primary N) is 1. The Kier molecular flexibility index (Phi) is 4.51. The van der Waals surface area contributed by atoms with Crippen LogP contribution in [0.1, 0.15) is 36.0 Å². The molecular weight excluding hydrogens is 268 g/mol. The number of amides is 1. The second-order valence-corrected chi connectivity index (χ2v) is 4.89. The number of halogens is 2. The normalized spacial score (nSPS) is 22.4. The fraction of sp³-hybridized carbons (Fsp3) is 0.462. The van der Waals surface area contributed by atoms with E-state index < -0.39 is 29.3 Å². The van der Waals surface area contributed by atoms with Gasteiger partial charge in [-0.3, -0.25) is 10.6 Å². The van der Waals surface area contributed by atoms with Crippen LogP contribution in [0.3, 0.4) is 0 Å². The molecule has 1 aliphatic rings. The maximum absolute atomic E-state index is 13.5. The number of benzene rings is 1.